The van der Waals surface area contributed by atoms with E-state index in [1.54, 1.807) is 16.0 Å². The molecule has 2 aromatic heterocycles. The number of fused-ring (bicyclic) bond motifs is 1. The fourth-order valence-electron chi connectivity index (χ4n) is 1.85. The molecule has 0 radical (unpaired) electrons. The zero-order valence-corrected chi connectivity index (χ0v) is 12.0. The first-order valence-electron chi connectivity index (χ1n) is 5.84. The van der Waals surface area contributed by atoms with Gasteiger partial charge in [0.1, 0.15) is 0 Å². The van der Waals surface area contributed by atoms with Crippen molar-refractivity contribution in [2.24, 2.45) is 7.05 Å². The van der Waals surface area contributed by atoms with E-state index in [0.717, 1.165) is 21.2 Å². The topological polar surface area (TPSA) is 66.2 Å². The van der Waals surface area contributed by atoms with Crippen LogP contribution in [-0.4, -0.2) is 58.1 Å². The average molecular weight is 269 g/mol. The van der Waals surface area contributed by atoms with Crippen molar-refractivity contribution in [3.05, 3.63) is 5.69 Å². The molecule has 1 unspecified atom stereocenters. The summed E-state index contributed by atoms with van der Waals surface area (Å²) in [5.74, 6) is 0. The van der Waals surface area contributed by atoms with E-state index in [2.05, 4.69) is 15.4 Å². The first-order chi connectivity index (χ1) is 8.47. The van der Waals surface area contributed by atoms with Gasteiger partial charge in [0.05, 0.1) is 16.5 Å². The summed E-state index contributed by atoms with van der Waals surface area (Å²) < 4.78 is 2.88. The summed E-state index contributed by atoms with van der Waals surface area (Å²) in [5.41, 5.74) is 1.88. The third kappa shape index (κ3) is 2.80. The molecule has 7 heteroatoms. The van der Waals surface area contributed by atoms with Gasteiger partial charge >= 0.3 is 0 Å². The van der Waals surface area contributed by atoms with Crippen molar-refractivity contribution in [3.63, 3.8) is 0 Å². The number of thiazole rings is 1. The number of nitrogens with one attached hydrogen (secondary N) is 1. The molecule has 100 valence electrons. The summed E-state index contributed by atoms with van der Waals surface area (Å²) in [4.78, 5) is 6.42. The summed E-state index contributed by atoms with van der Waals surface area (Å²) in [6, 6.07) is 0. The molecule has 0 saturated heterocycles. The summed E-state index contributed by atoms with van der Waals surface area (Å²) in [5, 5.41) is 18.1. The molecule has 0 fully saturated rings. The predicted molar refractivity (Wildman–Crippen MR) is 74.2 cm³/mol. The van der Waals surface area contributed by atoms with E-state index in [4.69, 9.17) is 0 Å². The number of anilines is 1. The van der Waals surface area contributed by atoms with Crippen LogP contribution in [0.5, 0.6) is 0 Å². The second-order valence-electron chi connectivity index (χ2n) is 4.68. The third-order valence-electron chi connectivity index (χ3n) is 2.61. The Morgan fingerprint density at radius 2 is 2.22 bits per heavy atom. The van der Waals surface area contributed by atoms with Crippen molar-refractivity contribution in [1.29, 1.82) is 0 Å². The highest BCUT2D eigenvalue weighted by atomic mass is 32.1. The maximum absolute atomic E-state index is 9.77. The Hall–Kier alpha value is -1.18. The molecule has 0 spiro atoms. The van der Waals surface area contributed by atoms with Gasteiger partial charge in [0.15, 0.2) is 10.8 Å². The largest absolute Gasteiger partial charge is 0.390 e. The number of hydrogen-bond acceptors (Lipinski definition) is 6. The maximum Gasteiger partial charge on any atom is 0.185 e. The van der Waals surface area contributed by atoms with Crippen LogP contribution in [0.15, 0.2) is 0 Å². The molecule has 0 bridgehead atoms. The standard InChI is InChI=1S/C11H19N5OS/c1-7-9-10(16(4)14-7)13-11(18-9)12-5-8(17)6-15(2)3/h8,17H,5-6H2,1-4H3,(H,12,13). The molecule has 18 heavy (non-hydrogen) atoms. The van der Waals surface area contributed by atoms with Crippen LogP contribution in [-0.2, 0) is 7.05 Å². The molecule has 0 aliphatic heterocycles. The van der Waals surface area contributed by atoms with Gasteiger partial charge in [-0.15, -0.1) is 0 Å². The zero-order valence-electron chi connectivity index (χ0n) is 11.1. The van der Waals surface area contributed by atoms with E-state index in [-0.39, 0.29) is 0 Å². The lowest BCUT2D eigenvalue weighted by Crippen LogP contribution is -2.31. The van der Waals surface area contributed by atoms with Crippen LogP contribution in [0.25, 0.3) is 10.3 Å². The molecule has 0 aliphatic carbocycles. The Bertz CT molecular complexity index is 498. The lowest BCUT2D eigenvalue weighted by atomic mass is 10.3. The van der Waals surface area contributed by atoms with Gasteiger partial charge in [0.25, 0.3) is 0 Å². The summed E-state index contributed by atoms with van der Waals surface area (Å²) in [6.07, 6.45) is -0.397. The van der Waals surface area contributed by atoms with E-state index < -0.39 is 6.10 Å². The van der Waals surface area contributed by atoms with E-state index in [0.29, 0.717) is 13.1 Å². The van der Waals surface area contributed by atoms with Crippen molar-refractivity contribution < 1.29 is 5.11 Å². The summed E-state index contributed by atoms with van der Waals surface area (Å²) in [7, 11) is 5.77. The van der Waals surface area contributed by atoms with Crippen molar-refractivity contribution in [2.75, 3.05) is 32.5 Å². The minimum Gasteiger partial charge on any atom is -0.390 e. The van der Waals surface area contributed by atoms with Crippen LogP contribution in [0.1, 0.15) is 5.69 Å². The fourth-order valence-corrected chi connectivity index (χ4v) is 2.79. The fraction of sp³-hybridized carbons (Fsp3) is 0.636. The summed E-state index contributed by atoms with van der Waals surface area (Å²) in [6.45, 7) is 3.12. The molecule has 2 N–H and O–H groups in total. The number of aliphatic hydroxyl groups excluding tert-OH is 1. The molecule has 0 amide bonds. The van der Waals surface area contributed by atoms with Crippen LogP contribution in [0, 0.1) is 6.92 Å². The van der Waals surface area contributed by atoms with Gasteiger partial charge in [-0.3, -0.25) is 0 Å². The molecular weight excluding hydrogens is 250 g/mol. The van der Waals surface area contributed by atoms with Gasteiger partial charge in [-0.25, -0.2) is 9.67 Å². The molecule has 6 nitrogen and oxygen atoms in total. The minimum absolute atomic E-state index is 0.397. The molecule has 0 aromatic carbocycles. The van der Waals surface area contributed by atoms with Gasteiger partial charge in [0.2, 0.25) is 0 Å². The number of aromatic nitrogens is 3. The molecular formula is C11H19N5OS. The lowest BCUT2D eigenvalue weighted by molar-refractivity contribution is 0.148. The molecule has 2 heterocycles. The second-order valence-corrected chi connectivity index (χ2v) is 5.68. The Balaban J connectivity index is 2.02. The van der Waals surface area contributed by atoms with Crippen LogP contribution in [0.4, 0.5) is 5.13 Å². The molecule has 2 aromatic rings. The Morgan fingerprint density at radius 3 is 2.83 bits per heavy atom. The third-order valence-corrected chi connectivity index (χ3v) is 3.72. The SMILES string of the molecule is Cc1nn(C)c2nc(NCC(O)CN(C)C)sc12. The molecule has 0 aliphatic rings. The average Bonchev–Trinajstić information content (AvgIpc) is 2.78. The number of nitrogens with zero attached hydrogens (tertiary/aromatic N) is 4. The quantitative estimate of drug-likeness (QED) is 0.835. The highest BCUT2D eigenvalue weighted by molar-refractivity contribution is 7.22. The first-order valence-corrected chi connectivity index (χ1v) is 6.66. The van der Waals surface area contributed by atoms with Gasteiger partial charge < -0.3 is 15.3 Å². The monoisotopic (exact) mass is 269 g/mol. The number of aryl methyl sites for hydroxylation is 2. The van der Waals surface area contributed by atoms with Crippen molar-refractivity contribution >= 4 is 26.8 Å². The smallest absolute Gasteiger partial charge is 0.185 e. The number of aliphatic hydroxyl groups is 1. The Kier molecular flexibility index (Phi) is 3.84. The van der Waals surface area contributed by atoms with Gasteiger partial charge in [0, 0.05) is 20.1 Å². The van der Waals surface area contributed by atoms with Gasteiger partial charge in [-0.1, -0.05) is 11.3 Å². The zero-order chi connectivity index (χ0) is 13.3. The number of hydrogen-bond donors (Lipinski definition) is 2. The molecule has 0 saturated carbocycles. The minimum atomic E-state index is -0.397. The maximum atomic E-state index is 9.77. The normalized spacial score (nSPS) is 13.4. The Labute approximate surface area is 110 Å². The van der Waals surface area contributed by atoms with Crippen molar-refractivity contribution in [1.82, 2.24) is 19.7 Å². The van der Waals surface area contributed by atoms with Crippen molar-refractivity contribution in [3.8, 4) is 0 Å². The number of likely N-dealkylation sites (N-methyl/N-ethyl adjacent to an activating group) is 1. The van der Waals surface area contributed by atoms with E-state index in [9.17, 15) is 5.11 Å². The highest BCUT2D eigenvalue weighted by Gasteiger charge is 2.12. The first kappa shape index (κ1) is 13.3. The highest BCUT2D eigenvalue weighted by Crippen LogP contribution is 2.27. The van der Waals surface area contributed by atoms with Crippen LogP contribution < -0.4 is 5.32 Å². The van der Waals surface area contributed by atoms with Crippen molar-refractivity contribution in [2.45, 2.75) is 13.0 Å². The van der Waals surface area contributed by atoms with Crippen LogP contribution in [0.2, 0.25) is 0 Å². The van der Waals surface area contributed by atoms with E-state index >= 15 is 0 Å². The van der Waals surface area contributed by atoms with E-state index in [1.807, 2.05) is 33.0 Å². The molecule has 1 atom stereocenters. The summed E-state index contributed by atoms with van der Waals surface area (Å²) >= 11 is 1.58. The van der Waals surface area contributed by atoms with Gasteiger partial charge in [-0.05, 0) is 21.0 Å². The van der Waals surface area contributed by atoms with Crippen LogP contribution >= 0.6 is 11.3 Å². The van der Waals surface area contributed by atoms with E-state index in [1.165, 1.54) is 0 Å². The molecule has 2 rings (SSSR count). The van der Waals surface area contributed by atoms with Crippen LogP contribution in [0.3, 0.4) is 0 Å². The second kappa shape index (κ2) is 5.21. The Morgan fingerprint density at radius 1 is 1.50 bits per heavy atom. The lowest BCUT2D eigenvalue weighted by Gasteiger charge is -2.15. The predicted octanol–water partition coefficient (Wildman–Crippen LogP) is 0.673. The number of rotatable bonds is 5. The van der Waals surface area contributed by atoms with Gasteiger partial charge in [-0.2, -0.15) is 5.10 Å².